The monoisotopic (exact) mass is 349 g/mol. The summed E-state index contributed by atoms with van der Waals surface area (Å²) in [6.45, 7) is 4.76. The first-order valence-corrected chi connectivity index (χ1v) is 8.24. The second kappa shape index (κ2) is 8.27. The predicted octanol–water partition coefficient (Wildman–Crippen LogP) is 4.33. The van der Waals surface area contributed by atoms with Crippen molar-refractivity contribution in [3.05, 3.63) is 53.3 Å². The summed E-state index contributed by atoms with van der Waals surface area (Å²) in [5, 5.41) is 0. The van der Waals surface area contributed by atoms with Gasteiger partial charge in [-0.05, 0) is 48.2 Å². The average Bonchev–Trinajstić information content (AvgIpc) is 2.58. The zero-order valence-electron chi connectivity index (χ0n) is 14.1. The summed E-state index contributed by atoms with van der Waals surface area (Å²) in [4.78, 5) is 14.0. The van der Waals surface area contributed by atoms with Crippen molar-refractivity contribution in [3.63, 3.8) is 0 Å². The highest BCUT2D eigenvalue weighted by Crippen LogP contribution is 2.34. The molecule has 5 heteroatoms. The third-order valence-corrected chi connectivity index (χ3v) is 4.22. The fourth-order valence-corrected chi connectivity index (χ4v) is 2.95. The van der Waals surface area contributed by atoms with Crippen LogP contribution in [0.3, 0.4) is 0 Å². The molecule has 0 atom stereocenters. The Morgan fingerprint density at radius 3 is 2.42 bits per heavy atom. The van der Waals surface area contributed by atoms with Gasteiger partial charge in [-0.25, -0.2) is 4.39 Å². The fourth-order valence-electron chi connectivity index (χ4n) is 2.81. The molecule has 2 aromatic rings. The maximum absolute atomic E-state index is 13.2. The molecule has 0 aromatic heterocycles. The van der Waals surface area contributed by atoms with E-state index in [2.05, 4.69) is 0 Å². The number of benzene rings is 2. The van der Waals surface area contributed by atoms with Gasteiger partial charge in [0.05, 0.1) is 12.3 Å². The van der Waals surface area contributed by atoms with E-state index < -0.39 is 0 Å². The van der Waals surface area contributed by atoms with Crippen molar-refractivity contribution < 1.29 is 13.9 Å². The van der Waals surface area contributed by atoms with E-state index in [1.807, 2.05) is 26.0 Å². The van der Waals surface area contributed by atoms with E-state index in [9.17, 15) is 9.18 Å². The van der Waals surface area contributed by atoms with Gasteiger partial charge in [-0.2, -0.15) is 0 Å². The van der Waals surface area contributed by atoms with Crippen molar-refractivity contribution in [2.75, 3.05) is 31.0 Å². The molecule has 0 aliphatic heterocycles. The minimum absolute atomic E-state index is 0.0939. The van der Waals surface area contributed by atoms with Crippen LogP contribution in [0.25, 0.3) is 11.1 Å². The SMILES string of the molecule is COCCN(C(=O)CCl)c1c(C)ccc(-c2ccc(F)cc2)c1C. The summed E-state index contributed by atoms with van der Waals surface area (Å²) in [5.41, 5.74) is 4.63. The molecule has 2 aromatic carbocycles. The molecule has 1 amide bonds. The van der Waals surface area contributed by atoms with Crippen molar-refractivity contribution in [1.29, 1.82) is 0 Å². The molecule has 24 heavy (non-hydrogen) atoms. The Labute approximate surface area is 147 Å². The molecule has 0 aliphatic rings. The van der Waals surface area contributed by atoms with E-state index in [-0.39, 0.29) is 17.6 Å². The van der Waals surface area contributed by atoms with Crippen LogP contribution in [0, 0.1) is 19.7 Å². The molecule has 0 spiro atoms. The molecule has 2 rings (SSSR count). The highest BCUT2D eigenvalue weighted by atomic mass is 35.5. The van der Waals surface area contributed by atoms with E-state index >= 15 is 0 Å². The molecule has 0 heterocycles. The molecule has 3 nitrogen and oxygen atoms in total. The molecule has 0 aliphatic carbocycles. The minimum Gasteiger partial charge on any atom is -0.383 e. The summed E-state index contributed by atoms with van der Waals surface area (Å²) in [6.07, 6.45) is 0. The van der Waals surface area contributed by atoms with Gasteiger partial charge in [0, 0.05) is 13.7 Å². The molecule has 0 N–H and O–H groups in total. The Hall–Kier alpha value is -1.91. The Bertz CT molecular complexity index is 716. The first kappa shape index (κ1) is 18.4. The van der Waals surface area contributed by atoms with Gasteiger partial charge in [-0.1, -0.05) is 24.3 Å². The summed E-state index contributed by atoms with van der Waals surface area (Å²) >= 11 is 5.78. The summed E-state index contributed by atoms with van der Waals surface area (Å²) in [5.74, 6) is -0.539. The van der Waals surface area contributed by atoms with E-state index in [0.717, 1.165) is 27.9 Å². The van der Waals surface area contributed by atoms with Crippen LogP contribution in [0.1, 0.15) is 11.1 Å². The number of ether oxygens (including phenoxy) is 1. The van der Waals surface area contributed by atoms with Gasteiger partial charge in [0.2, 0.25) is 5.91 Å². The van der Waals surface area contributed by atoms with Gasteiger partial charge in [0.15, 0.2) is 0 Å². The number of hydrogen-bond donors (Lipinski definition) is 0. The van der Waals surface area contributed by atoms with Crippen LogP contribution in [0.15, 0.2) is 36.4 Å². The number of anilines is 1. The lowest BCUT2D eigenvalue weighted by Gasteiger charge is -2.27. The number of nitrogens with zero attached hydrogens (tertiary/aromatic N) is 1. The number of methoxy groups -OCH3 is 1. The van der Waals surface area contributed by atoms with Crippen LogP contribution in [-0.4, -0.2) is 32.0 Å². The Kier molecular flexibility index (Phi) is 6.35. The maximum atomic E-state index is 13.2. The van der Waals surface area contributed by atoms with Gasteiger partial charge in [-0.15, -0.1) is 11.6 Å². The van der Waals surface area contributed by atoms with Gasteiger partial charge in [-0.3, -0.25) is 4.79 Å². The molecule has 0 unspecified atom stereocenters. The minimum atomic E-state index is -0.275. The van der Waals surface area contributed by atoms with Crippen LogP contribution in [0.4, 0.5) is 10.1 Å². The van der Waals surface area contributed by atoms with Gasteiger partial charge >= 0.3 is 0 Å². The maximum Gasteiger partial charge on any atom is 0.242 e. The third kappa shape index (κ3) is 3.94. The van der Waals surface area contributed by atoms with Crippen molar-refractivity contribution >= 4 is 23.2 Å². The molecule has 128 valence electrons. The number of rotatable bonds is 6. The third-order valence-electron chi connectivity index (χ3n) is 3.99. The van der Waals surface area contributed by atoms with Gasteiger partial charge < -0.3 is 9.64 Å². The predicted molar refractivity (Wildman–Crippen MR) is 96.3 cm³/mol. The molecule has 0 bridgehead atoms. The number of halogens is 2. The Morgan fingerprint density at radius 2 is 1.83 bits per heavy atom. The zero-order chi connectivity index (χ0) is 17.7. The standard InChI is InChI=1S/C19H21ClFNO2/c1-13-4-9-17(15-5-7-16(21)8-6-15)14(2)19(13)22(10-11-24-3)18(23)12-20/h4-9H,10-12H2,1-3H3. The highest BCUT2D eigenvalue weighted by molar-refractivity contribution is 6.29. The van der Waals surface area contributed by atoms with E-state index in [1.165, 1.54) is 12.1 Å². The topological polar surface area (TPSA) is 29.5 Å². The van der Waals surface area contributed by atoms with Gasteiger partial charge in [0.25, 0.3) is 0 Å². The normalized spacial score (nSPS) is 10.7. The van der Waals surface area contributed by atoms with Crippen molar-refractivity contribution in [2.24, 2.45) is 0 Å². The summed E-state index contributed by atoms with van der Waals surface area (Å²) < 4.78 is 18.3. The smallest absolute Gasteiger partial charge is 0.242 e. The molecule has 0 radical (unpaired) electrons. The lowest BCUT2D eigenvalue weighted by Crippen LogP contribution is -2.36. The average molecular weight is 350 g/mol. The number of carbonyl (C=O) groups is 1. The number of aryl methyl sites for hydroxylation is 1. The van der Waals surface area contributed by atoms with E-state index in [0.29, 0.717) is 13.2 Å². The lowest BCUT2D eigenvalue weighted by molar-refractivity contribution is -0.116. The van der Waals surface area contributed by atoms with Crippen molar-refractivity contribution in [2.45, 2.75) is 13.8 Å². The Balaban J connectivity index is 2.53. The first-order chi connectivity index (χ1) is 11.5. The number of alkyl halides is 1. The molecule has 0 saturated carbocycles. The van der Waals surface area contributed by atoms with E-state index in [1.54, 1.807) is 24.1 Å². The molecular weight excluding hydrogens is 329 g/mol. The summed E-state index contributed by atoms with van der Waals surface area (Å²) in [6, 6.07) is 10.3. The highest BCUT2D eigenvalue weighted by Gasteiger charge is 2.20. The molecular formula is C19H21ClFNO2. The van der Waals surface area contributed by atoms with E-state index in [4.69, 9.17) is 16.3 Å². The first-order valence-electron chi connectivity index (χ1n) is 7.71. The van der Waals surface area contributed by atoms with Crippen molar-refractivity contribution in [3.8, 4) is 11.1 Å². The second-order valence-corrected chi connectivity index (χ2v) is 5.85. The number of amides is 1. The van der Waals surface area contributed by atoms with Gasteiger partial charge in [0.1, 0.15) is 11.7 Å². The summed E-state index contributed by atoms with van der Waals surface area (Å²) in [7, 11) is 1.60. The lowest BCUT2D eigenvalue weighted by atomic mass is 9.96. The Morgan fingerprint density at radius 1 is 1.17 bits per heavy atom. The van der Waals surface area contributed by atoms with Crippen LogP contribution in [-0.2, 0) is 9.53 Å². The number of hydrogen-bond acceptors (Lipinski definition) is 2. The van der Waals surface area contributed by atoms with Crippen LogP contribution in [0.2, 0.25) is 0 Å². The van der Waals surface area contributed by atoms with Crippen LogP contribution >= 0.6 is 11.6 Å². The largest absolute Gasteiger partial charge is 0.383 e. The molecule has 0 saturated heterocycles. The van der Waals surface area contributed by atoms with Crippen LogP contribution < -0.4 is 4.90 Å². The quantitative estimate of drug-likeness (QED) is 0.726. The van der Waals surface area contributed by atoms with Crippen LogP contribution in [0.5, 0.6) is 0 Å². The second-order valence-electron chi connectivity index (χ2n) is 5.58. The zero-order valence-corrected chi connectivity index (χ0v) is 14.9. The fraction of sp³-hybridized carbons (Fsp3) is 0.316. The molecule has 0 fully saturated rings. The number of carbonyl (C=O) groups excluding carboxylic acids is 1. The van der Waals surface area contributed by atoms with Crippen molar-refractivity contribution in [1.82, 2.24) is 0 Å².